The van der Waals surface area contributed by atoms with Gasteiger partial charge in [-0.3, -0.25) is 0 Å². The third-order valence-electron chi connectivity index (χ3n) is 2.03. The molecule has 3 N–H and O–H groups in total. The van der Waals surface area contributed by atoms with Gasteiger partial charge in [-0.25, -0.2) is 0 Å². The van der Waals surface area contributed by atoms with Crippen molar-refractivity contribution in [2.45, 2.75) is 0 Å². The average Bonchev–Trinajstić information content (AvgIpc) is 2.37. The molecule has 0 atom stereocenters. The normalized spacial score (nSPS) is 10.1. The molecule has 0 aliphatic heterocycles. The number of aliphatic hydroxyl groups excluding tert-OH is 1. The van der Waals surface area contributed by atoms with Crippen LogP contribution >= 0.6 is 11.6 Å². The van der Waals surface area contributed by atoms with E-state index in [9.17, 15) is 0 Å². The van der Waals surface area contributed by atoms with E-state index in [0.29, 0.717) is 18.4 Å². The van der Waals surface area contributed by atoms with Gasteiger partial charge in [0.2, 0.25) is 17.2 Å². The molecule has 0 fully saturated rings. The van der Waals surface area contributed by atoms with Gasteiger partial charge >= 0.3 is 0 Å². The Bertz CT molecular complexity index is 508. The zero-order valence-electron chi connectivity index (χ0n) is 9.47. The fraction of sp³-hybridized carbons (Fsp3) is 0.182. The number of para-hydroxylation sites is 1. The topological polar surface area (TPSA) is 83.0 Å². The fourth-order valence-corrected chi connectivity index (χ4v) is 1.46. The fourth-order valence-electron chi connectivity index (χ4n) is 1.30. The minimum absolute atomic E-state index is 0.00918. The van der Waals surface area contributed by atoms with Crippen LogP contribution in [0.4, 0.5) is 17.6 Å². The number of benzene rings is 1. The largest absolute Gasteiger partial charge is 0.395 e. The second-order valence-corrected chi connectivity index (χ2v) is 3.73. The van der Waals surface area contributed by atoms with Crippen molar-refractivity contribution in [1.29, 1.82) is 0 Å². The van der Waals surface area contributed by atoms with Crippen LogP contribution in [0.5, 0.6) is 0 Å². The number of rotatable bonds is 5. The number of hydrogen-bond acceptors (Lipinski definition) is 6. The molecule has 0 saturated carbocycles. The van der Waals surface area contributed by atoms with Gasteiger partial charge in [-0.05, 0) is 23.7 Å². The maximum absolute atomic E-state index is 8.72. The third kappa shape index (κ3) is 3.54. The van der Waals surface area contributed by atoms with Crippen molar-refractivity contribution in [2.24, 2.45) is 0 Å². The highest BCUT2D eigenvalue weighted by Gasteiger charge is 2.04. The molecule has 7 heteroatoms. The van der Waals surface area contributed by atoms with Gasteiger partial charge in [0, 0.05) is 12.2 Å². The highest BCUT2D eigenvalue weighted by molar-refractivity contribution is 6.28. The predicted octanol–water partition coefficient (Wildman–Crippen LogP) is 1.67. The summed E-state index contributed by atoms with van der Waals surface area (Å²) in [6.45, 7) is 0.343. The summed E-state index contributed by atoms with van der Waals surface area (Å²) < 4.78 is 0. The average molecular weight is 266 g/mol. The molecule has 0 unspecified atom stereocenters. The van der Waals surface area contributed by atoms with Crippen LogP contribution in [0.15, 0.2) is 30.3 Å². The number of nitrogens with zero attached hydrogens (tertiary/aromatic N) is 3. The molecule has 2 rings (SSSR count). The van der Waals surface area contributed by atoms with Crippen LogP contribution < -0.4 is 10.6 Å². The smallest absolute Gasteiger partial charge is 0.233 e. The number of nitrogens with one attached hydrogen (secondary N) is 2. The Hall–Kier alpha value is -1.92. The second-order valence-electron chi connectivity index (χ2n) is 3.39. The highest BCUT2D eigenvalue weighted by Crippen LogP contribution is 2.15. The Morgan fingerprint density at radius 1 is 1.06 bits per heavy atom. The summed E-state index contributed by atoms with van der Waals surface area (Å²) in [6, 6.07) is 9.49. The Morgan fingerprint density at radius 3 is 2.50 bits per heavy atom. The molecule has 0 bridgehead atoms. The quantitative estimate of drug-likeness (QED) is 0.763. The summed E-state index contributed by atoms with van der Waals surface area (Å²) in [4.78, 5) is 12.0. The molecule has 1 aromatic heterocycles. The van der Waals surface area contributed by atoms with Gasteiger partial charge in [0.15, 0.2) is 0 Å². The number of halogens is 1. The van der Waals surface area contributed by atoms with Gasteiger partial charge in [0.25, 0.3) is 0 Å². The van der Waals surface area contributed by atoms with Crippen LogP contribution in [-0.2, 0) is 0 Å². The lowest BCUT2D eigenvalue weighted by Crippen LogP contribution is -2.10. The van der Waals surface area contributed by atoms with E-state index in [-0.39, 0.29) is 11.9 Å². The number of anilines is 3. The molecule has 1 aromatic carbocycles. The van der Waals surface area contributed by atoms with Crippen molar-refractivity contribution in [3.8, 4) is 0 Å². The van der Waals surface area contributed by atoms with E-state index in [0.717, 1.165) is 5.69 Å². The van der Waals surface area contributed by atoms with Crippen LogP contribution in [0.1, 0.15) is 0 Å². The van der Waals surface area contributed by atoms with E-state index in [1.807, 2.05) is 30.3 Å². The molecule has 0 spiro atoms. The maximum atomic E-state index is 8.72. The zero-order chi connectivity index (χ0) is 12.8. The maximum Gasteiger partial charge on any atom is 0.233 e. The Labute approximate surface area is 109 Å². The minimum Gasteiger partial charge on any atom is -0.395 e. The lowest BCUT2D eigenvalue weighted by molar-refractivity contribution is 0.311. The van der Waals surface area contributed by atoms with Crippen molar-refractivity contribution < 1.29 is 5.11 Å². The van der Waals surface area contributed by atoms with E-state index >= 15 is 0 Å². The number of hydrogen-bond donors (Lipinski definition) is 3. The lowest BCUT2D eigenvalue weighted by atomic mass is 10.3. The SMILES string of the molecule is OCCNc1nc(Cl)nc(Nc2ccccc2)n1. The van der Waals surface area contributed by atoms with Crippen LogP contribution in [0, 0.1) is 0 Å². The van der Waals surface area contributed by atoms with Crippen molar-refractivity contribution >= 4 is 29.2 Å². The molecule has 0 aliphatic rings. The monoisotopic (exact) mass is 265 g/mol. The molecule has 0 radical (unpaired) electrons. The van der Waals surface area contributed by atoms with Crippen molar-refractivity contribution in [3.63, 3.8) is 0 Å². The summed E-state index contributed by atoms with van der Waals surface area (Å²) in [5.74, 6) is 0.670. The van der Waals surface area contributed by atoms with E-state index < -0.39 is 0 Å². The molecule has 1 heterocycles. The van der Waals surface area contributed by atoms with E-state index in [1.54, 1.807) is 0 Å². The summed E-state index contributed by atoms with van der Waals surface area (Å²) in [5.41, 5.74) is 0.855. The molecule has 0 aliphatic carbocycles. The zero-order valence-corrected chi connectivity index (χ0v) is 10.2. The first-order valence-corrected chi connectivity index (χ1v) is 5.74. The van der Waals surface area contributed by atoms with Gasteiger partial charge in [0.05, 0.1) is 6.61 Å². The molecular formula is C11H12ClN5O. The summed E-state index contributed by atoms with van der Waals surface area (Å²) in [5, 5.41) is 14.6. The van der Waals surface area contributed by atoms with E-state index in [1.165, 1.54) is 0 Å². The molecular weight excluding hydrogens is 254 g/mol. The predicted molar refractivity (Wildman–Crippen MR) is 70.1 cm³/mol. The molecule has 2 aromatic rings. The van der Waals surface area contributed by atoms with E-state index in [4.69, 9.17) is 16.7 Å². The summed E-state index contributed by atoms with van der Waals surface area (Å²) in [7, 11) is 0. The second kappa shape index (κ2) is 6.13. The highest BCUT2D eigenvalue weighted by atomic mass is 35.5. The number of aromatic nitrogens is 3. The first-order chi connectivity index (χ1) is 8.78. The summed E-state index contributed by atoms with van der Waals surface area (Å²) in [6.07, 6.45) is 0. The van der Waals surface area contributed by atoms with Crippen molar-refractivity contribution in [3.05, 3.63) is 35.6 Å². The van der Waals surface area contributed by atoms with Crippen LogP contribution in [-0.4, -0.2) is 33.2 Å². The van der Waals surface area contributed by atoms with Gasteiger partial charge in [-0.15, -0.1) is 0 Å². The third-order valence-corrected chi connectivity index (χ3v) is 2.20. The molecule has 0 amide bonds. The van der Waals surface area contributed by atoms with Gasteiger partial charge in [0.1, 0.15) is 0 Å². The lowest BCUT2D eigenvalue weighted by Gasteiger charge is -2.07. The van der Waals surface area contributed by atoms with Gasteiger partial charge in [-0.2, -0.15) is 15.0 Å². The van der Waals surface area contributed by atoms with Crippen LogP contribution in [0.3, 0.4) is 0 Å². The molecule has 18 heavy (non-hydrogen) atoms. The van der Waals surface area contributed by atoms with E-state index in [2.05, 4.69) is 25.6 Å². The Balaban J connectivity index is 2.15. The first kappa shape index (κ1) is 12.5. The van der Waals surface area contributed by atoms with Crippen LogP contribution in [0.25, 0.3) is 0 Å². The van der Waals surface area contributed by atoms with Crippen molar-refractivity contribution in [2.75, 3.05) is 23.8 Å². The van der Waals surface area contributed by atoms with Gasteiger partial charge in [-0.1, -0.05) is 18.2 Å². The Kier molecular flexibility index (Phi) is 4.27. The Morgan fingerprint density at radius 2 is 1.78 bits per heavy atom. The minimum atomic E-state index is -0.00918. The summed E-state index contributed by atoms with van der Waals surface area (Å²) >= 11 is 5.79. The number of aliphatic hydroxyl groups is 1. The molecule has 0 saturated heterocycles. The van der Waals surface area contributed by atoms with Crippen molar-refractivity contribution in [1.82, 2.24) is 15.0 Å². The van der Waals surface area contributed by atoms with Crippen LogP contribution in [0.2, 0.25) is 5.28 Å². The molecule has 94 valence electrons. The first-order valence-electron chi connectivity index (χ1n) is 5.36. The van der Waals surface area contributed by atoms with Gasteiger partial charge < -0.3 is 15.7 Å². The molecule has 6 nitrogen and oxygen atoms in total. The standard InChI is InChI=1S/C11H12ClN5O/c12-9-15-10(13-6-7-18)17-11(16-9)14-8-4-2-1-3-5-8/h1-5,18H,6-7H2,(H2,13,14,15,16,17).